The van der Waals surface area contributed by atoms with E-state index in [1.807, 2.05) is 4.90 Å². The number of morpholine rings is 1. The lowest BCUT2D eigenvalue weighted by atomic mass is 9.82. The average molecular weight is 333 g/mol. The van der Waals surface area contributed by atoms with Gasteiger partial charge in [0.1, 0.15) is 0 Å². The molecule has 0 aromatic carbocycles. The molecule has 1 saturated heterocycles. The molecule has 2 fully saturated rings. The van der Waals surface area contributed by atoms with Crippen molar-refractivity contribution < 1.29 is 14.6 Å². The van der Waals surface area contributed by atoms with Gasteiger partial charge in [-0.3, -0.25) is 14.8 Å². The minimum Gasteiger partial charge on any atom is -0.389 e. The molecule has 1 saturated carbocycles. The van der Waals surface area contributed by atoms with Crippen LogP contribution in [0.4, 0.5) is 0 Å². The molecule has 1 amide bonds. The van der Waals surface area contributed by atoms with E-state index in [2.05, 4.69) is 9.97 Å². The van der Waals surface area contributed by atoms with Gasteiger partial charge in [0.2, 0.25) is 5.91 Å². The molecule has 24 heavy (non-hydrogen) atoms. The van der Waals surface area contributed by atoms with Gasteiger partial charge in [0, 0.05) is 25.1 Å². The second-order valence-electron chi connectivity index (χ2n) is 7.01. The topological polar surface area (TPSA) is 75.5 Å². The van der Waals surface area contributed by atoms with Crippen LogP contribution in [-0.4, -0.2) is 57.3 Å². The third kappa shape index (κ3) is 4.51. The number of carbonyl (C=O) groups excluding carboxylic acids is 1. The Bertz CT molecular complexity index is 532. The largest absolute Gasteiger partial charge is 0.389 e. The number of rotatable bonds is 5. The van der Waals surface area contributed by atoms with E-state index in [0.717, 1.165) is 50.6 Å². The van der Waals surface area contributed by atoms with Crippen molar-refractivity contribution in [1.29, 1.82) is 0 Å². The van der Waals surface area contributed by atoms with Crippen molar-refractivity contribution in [2.24, 2.45) is 0 Å². The fourth-order valence-corrected chi connectivity index (χ4v) is 3.77. The first-order valence-corrected chi connectivity index (χ1v) is 9.01. The first-order chi connectivity index (χ1) is 11.7. The third-order valence-corrected chi connectivity index (χ3v) is 5.16. The Hall–Kier alpha value is -1.53. The van der Waals surface area contributed by atoms with Crippen LogP contribution in [0.25, 0.3) is 0 Å². The predicted molar refractivity (Wildman–Crippen MR) is 89.3 cm³/mol. The smallest absolute Gasteiger partial charge is 0.225 e. The SMILES string of the molecule is O=C(CC1(O)CCCCC1)N1CCOCC1CCc1cnccn1. The zero-order valence-corrected chi connectivity index (χ0v) is 14.2. The molecule has 1 unspecified atom stereocenters. The van der Waals surface area contributed by atoms with Crippen molar-refractivity contribution in [3.8, 4) is 0 Å². The number of hydrogen-bond acceptors (Lipinski definition) is 5. The number of hydrogen-bond donors (Lipinski definition) is 1. The summed E-state index contributed by atoms with van der Waals surface area (Å²) in [6.07, 6.45) is 11.6. The van der Waals surface area contributed by atoms with Crippen LogP contribution in [0, 0.1) is 0 Å². The number of aromatic nitrogens is 2. The summed E-state index contributed by atoms with van der Waals surface area (Å²) in [6.45, 7) is 1.75. The number of carbonyl (C=O) groups is 1. The molecule has 132 valence electrons. The molecule has 1 aromatic heterocycles. The zero-order chi connectivity index (χ0) is 16.8. The number of nitrogens with zero attached hydrogens (tertiary/aromatic N) is 3. The average Bonchev–Trinajstić information content (AvgIpc) is 2.61. The molecule has 6 heteroatoms. The van der Waals surface area contributed by atoms with Gasteiger partial charge in [0.15, 0.2) is 0 Å². The lowest BCUT2D eigenvalue weighted by Crippen LogP contribution is -2.51. The fourth-order valence-electron chi connectivity index (χ4n) is 3.77. The van der Waals surface area contributed by atoms with Crippen LogP contribution in [-0.2, 0) is 16.0 Å². The quantitative estimate of drug-likeness (QED) is 0.888. The van der Waals surface area contributed by atoms with Gasteiger partial charge in [-0.25, -0.2) is 0 Å². The molecule has 0 radical (unpaired) electrons. The minimum atomic E-state index is -0.802. The van der Waals surface area contributed by atoms with Gasteiger partial charge in [-0.2, -0.15) is 0 Å². The van der Waals surface area contributed by atoms with Crippen LogP contribution in [0.1, 0.15) is 50.6 Å². The summed E-state index contributed by atoms with van der Waals surface area (Å²) < 4.78 is 5.57. The highest BCUT2D eigenvalue weighted by atomic mass is 16.5. The van der Waals surface area contributed by atoms with Gasteiger partial charge in [-0.05, 0) is 25.7 Å². The Balaban J connectivity index is 1.58. The number of aliphatic hydroxyl groups is 1. The maximum absolute atomic E-state index is 12.8. The van der Waals surface area contributed by atoms with E-state index in [9.17, 15) is 9.90 Å². The van der Waals surface area contributed by atoms with Crippen LogP contribution in [0.5, 0.6) is 0 Å². The molecule has 0 bridgehead atoms. The lowest BCUT2D eigenvalue weighted by Gasteiger charge is -2.39. The number of ether oxygens (including phenoxy) is 1. The van der Waals surface area contributed by atoms with E-state index in [0.29, 0.717) is 19.8 Å². The van der Waals surface area contributed by atoms with Gasteiger partial charge >= 0.3 is 0 Å². The molecule has 1 N–H and O–H groups in total. The summed E-state index contributed by atoms with van der Waals surface area (Å²) in [6, 6.07) is 0.0560. The van der Waals surface area contributed by atoms with Gasteiger partial charge in [-0.1, -0.05) is 19.3 Å². The molecule has 1 aliphatic heterocycles. The molecule has 6 nitrogen and oxygen atoms in total. The predicted octanol–water partition coefficient (Wildman–Crippen LogP) is 1.72. The minimum absolute atomic E-state index is 0.0560. The zero-order valence-electron chi connectivity index (χ0n) is 14.2. The molecule has 1 aromatic rings. The molecule has 1 atom stereocenters. The van der Waals surface area contributed by atoms with E-state index < -0.39 is 5.60 Å². The van der Waals surface area contributed by atoms with Crippen molar-refractivity contribution in [2.45, 2.75) is 63.0 Å². The Labute approximate surface area is 143 Å². The van der Waals surface area contributed by atoms with E-state index in [4.69, 9.17) is 4.74 Å². The Kier molecular flexibility index (Phi) is 5.79. The van der Waals surface area contributed by atoms with Gasteiger partial charge in [0.25, 0.3) is 0 Å². The lowest BCUT2D eigenvalue weighted by molar-refractivity contribution is -0.146. The maximum Gasteiger partial charge on any atom is 0.225 e. The number of aryl methyl sites for hydroxylation is 1. The standard InChI is InChI=1S/C18H27N3O3/c22-17(12-18(23)6-2-1-3-7-18)21-10-11-24-14-16(21)5-4-15-13-19-8-9-20-15/h8-9,13,16,23H,1-7,10-12,14H2. The third-order valence-electron chi connectivity index (χ3n) is 5.16. The first kappa shape index (κ1) is 17.3. The van der Waals surface area contributed by atoms with E-state index >= 15 is 0 Å². The van der Waals surface area contributed by atoms with E-state index in [1.54, 1.807) is 18.6 Å². The summed E-state index contributed by atoms with van der Waals surface area (Å²) in [7, 11) is 0. The second kappa shape index (κ2) is 8.03. The van der Waals surface area contributed by atoms with Gasteiger partial charge < -0.3 is 14.7 Å². The summed E-state index contributed by atoms with van der Waals surface area (Å²) in [4.78, 5) is 23.1. The molecular formula is C18H27N3O3. The first-order valence-electron chi connectivity index (χ1n) is 9.01. The molecule has 1 aliphatic carbocycles. The Morgan fingerprint density at radius 2 is 2.17 bits per heavy atom. The van der Waals surface area contributed by atoms with Crippen LogP contribution in [0.3, 0.4) is 0 Å². The molecule has 2 aliphatic rings. The van der Waals surface area contributed by atoms with E-state index in [-0.39, 0.29) is 18.4 Å². The number of amides is 1. The monoisotopic (exact) mass is 333 g/mol. The molecule has 0 spiro atoms. The summed E-state index contributed by atoms with van der Waals surface area (Å²) in [5.74, 6) is 0.0619. The van der Waals surface area contributed by atoms with Gasteiger partial charge in [0.05, 0.1) is 37.0 Å². The highest BCUT2D eigenvalue weighted by molar-refractivity contribution is 5.77. The van der Waals surface area contributed by atoms with Crippen LogP contribution in [0.2, 0.25) is 0 Å². The maximum atomic E-state index is 12.8. The van der Waals surface area contributed by atoms with Crippen LogP contribution >= 0.6 is 0 Å². The normalized spacial score (nSPS) is 23.9. The highest BCUT2D eigenvalue weighted by Crippen LogP contribution is 2.32. The van der Waals surface area contributed by atoms with Crippen LogP contribution in [0.15, 0.2) is 18.6 Å². The van der Waals surface area contributed by atoms with Crippen LogP contribution < -0.4 is 0 Å². The Morgan fingerprint density at radius 1 is 1.33 bits per heavy atom. The highest BCUT2D eigenvalue weighted by Gasteiger charge is 2.36. The van der Waals surface area contributed by atoms with Crippen molar-refractivity contribution in [3.05, 3.63) is 24.3 Å². The molecule has 2 heterocycles. The second-order valence-corrected chi connectivity index (χ2v) is 7.01. The summed E-state index contributed by atoms with van der Waals surface area (Å²) in [5, 5.41) is 10.7. The summed E-state index contributed by atoms with van der Waals surface area (Å²) >= 11 is 0. The van der Waals surface area contributed by atoms with Gasteiger partial charge in [-0.15, -0.1) is 0 Å². The fraction of sp³-hybridized carbons (Fsp3) is 0.722. The summed E-state index contributed by atoms with van der Waals surface area (Å²) in [5.41, 5.74) is 0.129. The van der Waals surface area contributed by atoms with E-state index in [1.165, 1.54) is 0 Å². The van der Waals surface area contributed by atoms with Crippen molar-refractivity contribution in [2.75, 3.05) is 19.8 Å². The molecular weight excluding hydrogens is 306 g/mol. The molecule has 3 rings (SSSR count). The van der Waals surface area contributed by atoms with Crippen molar-refractivity contribution >= 4 is 5.91 Å². The Morgan fingerprint density at radius 3 is 2.92 bits per heavy atom. The van der Waals surface area contributed by atoms with Crippen molar-refractivity contribution in [1.82, 2.24) is 14.9 Å². The van der Waals surface area contributed by atoms with Crippen molar-refractivity contribution in [3.63, 3.8) is 0 Å².